The molecule has 1 amide bonds. The second-order valence-electron chi connectivity index (χ2n) is 3.88. The van der Waals surface area contributed by atoms with Crippen LogP contribution in [0.1, 0.15) is 19.3 Å². The maximum absolute atomic E-state index is 11.9. The van der Waals surface area contributed by atoms with Crippen molar-refractivity contribution in [2.45, 2.75) is 31.3 Å². The second-order valence-corrected chi connectivity index (χ2v) is 3.88. The van der Waals surface area contributed by atoms with Gasteiger partial charge in [-0.15, -0.1) is 0 Å². The number of carbonyl (C=O) groups excluding carboxylic acids is 1. The van der Waals surface area contributed by atoms with Crippen molar-refractivity contribution in [1.29, 1.82) is 5.26 Å². The first kappa shape index (κ1) is 12.7. The molecule has 0 radical (unpaired) electrons. The first-order valence-electron chi connectivity index (χ1n) is 5.53. The van der Waals surface area contributed by atoms with Crippen LogP contribution in [0.2, 0.25) is 0 Å². The van der Waals surface area contributed by atoms with Gasteiger partial charge in [-0.3, -0.25) is 4.79 Å². The van der Waals surface area contributed by atoms with E-state index in [0.717, 1.165) is 12.8 Å². The summed E-state index contributed by atoms with van der Waals surface area (Å²) in [5.41, 5.74) is 11.2. The average Bonchev–Trinajstić information content (AvgIpc) is 2.76. The fourth-order valence-electron chi connectivity index (χ4n) is 1.71. The maximum Gasteiger partial charge on any atom is 0.241 e. The lowest BCUT2D eigenvalue weighted by Gasteiger charge is -2.23. The van der Waals surface area contributed by atoms with E-state index in [0.29, 0.717) is 19.5 Å². The number of carbonyl (C=O) groups is 1. The zero-order valence-electron chi connectivity index (χ0n) is 9.30. The molecule has 0 spiro atoms. The summed E-state index contributed by atoms with van der Waals surface area (Å²) in [5.74, 6) is -0.145. The second kappa shape index (κ2) is 6.26. The van der Waals surface area contributed by atoms with Crippen molar-refractivity contribution in [2.24, 2.45) is 11.5 Å². The summed E-state index contributed by atoms with van der Waals surface area (Å²) >= 11 is 0. The standard InChI is InChI=1S/C11H18N4O/c12-6-2-1-5-10(14)11(16)15-7-3-4-9(15)8-13/h3-4,9-10H,1-2,5-7,12,14H2. The van der Waals surface area contributed by atoms with Crippen molar-refractivity contribution < 1.29 is 4.79 Å². The lowest BCUT2D eigenvalue weighted by molar-refractivity contribution is -0.132. The van der Waals surface area contributed by atoms with Gasteiger partial charge >= 0.3 is 0 Å². The Labute approximate surface area is 95.7 Å². The molecule has 88 valence electrons. The summed E-state index contributed by atoms with van der Waals surface area (Å²) in [4.78, 5) is 13.4. The van der Waals surface area contributed by atoms with E-state index in [1.165, 1.54) is 4.90 Å². The number of amides is 1. The third kappa shape index (κ3) is 3.05. The molecular formula is C11H18N4O. The maximum atomic E-state index is 11.9. The summed E-state index contributed by atoms with van der Waals surface area (Å²) in [6.45, 7) is 1.11. The summed E-state index contributed by atoms with van der Waals surface area (Å²) in [6, 6.07) is 1.10. The van der Waals surface area contributed by atoms with Crippen LogP contribution in [0, 0.1) is 11.3 Å². The van der Waals surface area contributed by atoms with Crippen LogP contribution in [0.25, 0.3) is 0 Å². The molecule has 0 bridgehead atoms. The third-order valence-electron chi connectivity index (χ3n) is 2.66. The van der Waals surface area contributed by atoms with Crippen LogP contribution in [-0.4, -0.2) is 36.0 Å². The topological polar surface area (TPSA) is 96.1 Å². The molecule has 5 heteroatoms. The van der Waals surface area contributed by atoms with Crippen molar-refractivity contribution in [3.8, 4) is 6.07 Å². The van der Waals surface area contributed by atoms with Gasteiger partial charge in [-0.1, -0.05) is 12.5 Å². The zero-order valence-corrected chi connectivity index (χ0v) is 9.30. The van der Waals surface area contributed by atoms with Gasteiger partial charge in [0, 0.05) is 6.54 Å². The van der Waals surface area contributed by atoms with E-state index in [1.54, 1.807) is 6.08 Å². The highest BCUT2D eigenvalue weighted by Crippen LogP contribution is 2.12. The number of nitrogens with two attached hydrogens (primary N) is 2. The Kier molecular flexibility index (Phi) is 4.96. The summed E-state index contributed by atoms with van der Waals surface area (Å²) in [7, 11) is 0. The largest absolute Gasteiger partial charge is 0.330 e. The van der Waals surface area contributed by atoms with Crippen LogP contribution in [0.3, 0.4) is 0 Å². The highest BCUT2D eigenvalue weighted by Gasteiger charge is 2.27. The SMILES string of the molecule is N#CC1C=CCN1C(=O)C(N)CCCCN. The minimum absolute atomic E-state index is 0.145. The molecule has 16 heavy (non-hydrogen) atoms. The smallest absolute Gasteiger partial charge is 0.241 e. The molecule has 2 atom stereocenters. The van der Waals surface area contributed by atoms with Crippen LogP contribution in [0.15, 0.2) is 12.2 Å². The Morgan fingerprint density at radius 2 is 2.38 bits per heavy atom. The minimum atomic E-state index is -0.512. The van der Waals surface area contributed by atoms with Crippen LogP contribution >= 0.6 is 0 Å². The molecule has 5 nitrogen and oxygen atoms in total. The summed E-state index contributed by atoms with van der Waals surface area (Å²) in [5, 5.41) is 8.83. The zero-order chi connectivity index (χ0) is 12.0. The molecule has 0 aromatic carbocycles. The lowest BCUT2D eigenvalue weighted by atomic mass is 10.1. The van der Waals surface area contributed by atoms with E-state index >= 15 is 0 Å². The molecule has 0 aliphatic carbocycles. The first-order valence-corrected chi connectivity index (χ1v) is 5.53. The van der Waals surface area contributed by atoms with Crippen molar-refractivity contribution in [2.75, 3.05) is 13.1 Å². The summed E-state index contributed by atoms with van der Waals surface area (Å²) in [6.07, 6.45) is 5.90. The van der Waals surface area contributed by atoms with Crippen LogP contribution < -0.4 is 11.5 Å². The number of rotatable bonds is 5. The van der Waals surface area contributed by atoms with E-state index < -0.39 is 12.1 Å². The molecule has 2 unspecified atom stereocenters. The fraction of sp³-hybridized carbons (Fsp3) is 0.636. The van der Waals surface area contributed by atoms with Crippen molar-refractivity contribution in [3.05, 3.63) is 12.2 Å². The van der Waals surface area contributed by atoms with Gasteiger partial charge in [0.1, 0.15) is 6.04 Å². The molecule has 0 aromatic rings. The Morgan fingerprint density at radius 3 is 3.00 bits per heavy atom. The normalized spacial score (nSPS) is 20.8. The predicted molar refractivity (Wildman–Crippen MR) is 61.1 cm³/mol. The van der Waals surface area contributed by atoms with Gasteiger partial charge in [0.2, 0.25) is 5.91 Å². The number of nitriles is 1. The number of nitrogens with zero attached hydrogens (tertiary/aromatic N) is 2. The molecular weight excluding hydrogens is 204 g/mol. The Bertz CT molecular complexity index is 308. The van der Waals surface area contributed by atoms with E-state index in [9.17, 15) is 4.79 Å². The van der Waals surface area contributed by atoms with E-state index in [4.69, 9.17) is 16.7 Å². The first-order chi connectivity index (χ1) is 7.70. The molecule has 1 aliphatic heterocycles. The number of hydrogen-bond donors (Lipinski definition) is 2. The van der Waals surface area contributed by atoms with E-state index in [1.807, 2.05) is 6.08 Å². The summed E-state index contributed by atoms with van der Waals surface area (Å²) < 4.78 is 0. The highest BCUT2D eigenvalue weighted by atomic mass is 16.2. The molecule has 1 aliphatic rings. The van der Waals surface area contributed by atoms with Crippen LogP contribution in [0.4, 0.5) is 0 Å². The van der Waals surface area contributed by atoms with Crippen molar-refractivity contribution >= 4 is 5.91 Å². The predicted octanol–water partition coefficient (Wildman–Crippen LogP) is -0.267. The van der Waals surface area contributed by atoms with Crippen molar-refractivity contribution in [3.63, 3.8) is 0 Å². The molecule has 0 fully saturated rings. The third-order valence-corrected chi connectivity index (χ3v) is 2.66. The van der Waals surface area contributed by atoms with Gasteiger partial charge < -0.3 is 16.4 Å². The molecule has 0 aromatic heterocycles. The highest BCUT2D eigenvalue weighted by molar-refractivity contribution is 5.83. The molecule has 1 heterocycles. The van der Waals surface area contributed by atoms with Gasteiger partial charge in [0.25, 0.3) is 0 Å². The Morgan fingerprint density at radius 1 is 1.62 bits per heavy atom. The minimum Gasteiger partial charge on any atom is -0.330 e. The number of hydrogen-bond acceptors (Lipinski definition) is 4. The molecule has 4 N–H and O–H groups in total. The van der Waals surface area contributed by atoms with E-state index in [-0.39, 0.29) is 5.91 Å². The van der Waals surface area contributed by atoms with Gasteiger partial charge in [0.05, 0.1) is 12.1 Å². The van der Waals surface area contributed by atoms with Crippen LogP contribution in [-0.2, 0) is 4.79 Å². The van der Waals surface area contributed by atoms with Gasteiger partial charge in [-0.2, -0.15) is 5.26 Å². The Balaban J connectivity index is 2.42. The van der Waals surface area contributed by atoms with Gasteiger partial charge in [-0.25, -0.2) is 0 Å². The molecule has 0 saturated heterocycles. The monoisotopic (exact) mass is 222 g/mol. The average molecular weight is 222 g/mol. The van der Waals surface area contributed by atoms with Crippen LogP contribution in [0.5, 0.6) is 0 Å². The van der Waals surface area contributed by atoms with E-state index in [2.05, 4.69) is 6.07 Å². The van der Waals surface area contributed by atoms with Gasteiger partial charge in [-0.05, 0) is 25.5 Å². The fourth-order valence-corrected chi connectivity index (χ4v) is 1.71. The van der Waals surface area contributed by atoms with Crippen molar-refractivity contribution in [1.82, 2.24) is 4.90 Å². The van der Waals surface area contributed by atoms with Gasteiger partial charge in [0.15, 0.2) is 0 Å². The quantitative estimate of drug-likeness (QED) is 0.494. The number of unbranched alkanes of at least 4 members (excludes halogenated alkanes) is 1. The molecule has 1 rings (SSSR count). The molecule has 0 saturated carbocycles. The Hall–Kier alpha value is -1.38. The lowest BCUT2D eigenvalue weighted by Crippen LogP contribution is -2.45.